The van der Waals surface area contributed by atoms with E-state index in [2.05, 4.69) is 5.32 Å². The lowest BCUT2D eigenvalue weighted by Crippen LogP contribution is -2.51. The first-order valence-corrected chi connectivity index (χ1v) is 15.6. The minimum absolute atomic E-state index is 0.0161. The minimum Gasteiger partial charge on any atom is -0.458 e. The van der Waals surface area contributed by atoms with Crippen LogP contribution in [0.25, 0.3) is 0 Å². The average molecular weight is 635 g/mol. The Morgan fingerprint density at radius 2 is 1.80 bits per heavy atom. The van der Waals surface area contributed by atoms with E-state index in [1.54, 1.807) is 7.05 Å². The van der Waals surface area contributed by atoms with Crippen LogP contribution in [0.15, 0.2) is 35.9 Å². The molecule has 1 amide bonds. The van der Waals surface area contributed by atoms with Gasteiger partial charge in [-0.05, 0) is 71.9 Å². The Labute approximate surface area is 267 Å². The van der Waals surface area contributed by atoms with Gasteiger partial charge in [0.15, 0.2) is 12.2 Å². The molecular weight excluding hydrogens is 583 g/mol. The SMILES string of the molecule is CN[C@@H](CC(C)C)C(=O)O[C@H](C)C(=O)N(C)[C@@H](CC(C)(C)F)C(=O)O[C@H](CCC1=CCOCC1)C(=O)OCc1cccc(C)c1. The smallest absolute Gasteiger partial charge is 0.347 e. The number of carbonyl (C=O) groups excluding carboxylic acids is 4. The third-order valence-corrected chi connectivity index (χ3v) is 7.52. The van der Waals surface area contributed by atoms with E-state index >= 15 is 0 Å². The molecule has 0 radical (unpaired) electrons. The molecule has 11 heteroatoms. The van der Waals surface area contributed by atoms with E-state index in [1.807, 2.05) is 51.1 Å². The standard InChI is InChI=1S/C34H51FN2O8/c1-22(2)18-27(36-7)31(39)44-24(4)30(38)37(8)28(20-34(5,6)35)32(40)45-29(13-12-25-14-16-42-17-15-25)33(41)43-21-26-11-9-10-23(3)19-26/h9-11,14,19,22,24,27-29,36H,12-13,15-18,20-21H2,1-8H3/t24-,27+,28+,29-/m1/s1. The fourth-order valence-electron chi connectivity index (χ4n) is 4.99. The number of carbonyl (C=O) groups is 4. The number of nitrogens with one attached hydrogen (secondary N) is 1. The van der Waals surface area contributed by atoms with E-state index < -0.39 is 60.2 Å². The van der Waals surface area contributed by atoms with Crippen molar-refractivity contribution in [3.05, 3.63) is 47.0 Å². The van der Waals surface area contributed by atoms with Crippen molar-refractivity contribution in [3.63, 3.8) is 0 Å². The van der Waals surface area contributed by atoms with Gasteiger partial charge in [0.05, 0.1) is 13.2 Å². The minimum atomic E-state index is -1.87. The highest BCUT2D eigenvalue weighted by Crippen LogP contribution is 2.24. The molecule has 1 aliphatic rings. The molecule has 1 N–H and O–H groups in total. The molecule has 1 aromatic rings. The van der Waals surface area contributed by atoms with Crippen molar-refractivity contribution in [2.75, 3.05) is 27.3 Å². The molecule has 4 atom stereocenters. The summed E-state index contributed by atoms with van der Waals surface area (Å²) < 4.78 is 37.0. The number of nitrogens with zero attached hydrogens (tertiary/aromatic N) is 1. The highest BCUT2D eigenvalue weighted by Gasteiger charge is 2.39. The van der Waals surface area contributed by atoms with Gasteiger partial charge in [0.1, 0.15) is 24.4 Å². The second kappa shape index (κ2) is 18.0. The van der Waals surface area contributed by atoms with E-state index in [9.17, 15) is 23.6 Å². The molecule has 10 nitrogen and oxygen atoms in total. The highest BCUT2D eigenvalue weighted by molar-refractivity contribution is 5.89. The lowest BCUT2D eigenvalue weighted by atomic mass is 9.99. The summed E-state index contributed by atoms with van der Waals surface area (Å²) in [6.45, 7) is 10.8. The number of likely N-dealkylation sites (N-methyl/N-ethyl adjacent to an activating group) is 2. The molecule has 0 aromatic heterocycles. The zero-order valence-corrected chi connectivity index (χ0v) is 28.0. The van der Waals surface area contributed by atoms with Crippen molar-refractivity contribution >= 4 is 23.8 Å². The molecule has 0 unspecified atom stereocenters. The Morgan fingerprint density at radius 1 is 1.09 bits per heavy atom. The fourth-order valence-corrected chi connectivity index (χ4v) is 4.99. The molecule has 2 rings (SSSR count). The molecule has 0 aliphatic carbocycles. The van der Waals surface area contributed by atoms with Crippen LogP contribution < -0.4 is 5.32 Å². The van der Waals surface area contributed by atoms with Gasteiger partial charge in [-0.3, -0.25) is 9.59 Å². The monoisotopic (exact) mass is 634 g/mol. The summed E-state index contributed by atoms with van der Waals surface area (Å²) in [7, 11) is 2.95. The first-order valence-electron chi connectivity index (χ1n) is 15.6. The normalized spacial score (nSPS) is 16.2. The number of esters is 3. The number of amides is 1. The average Bonchev–Trinajstić information content (AvgIpc) is 2.98. The lowest BCUT2D eigenvalue weighted by Gasteiger charge is -2.32. The molecule has 0 fully saturated rings. The van der Waals surface area contributed by atoms with E-state index in [-0.39, 0.29) is 18.9 Å². The van der Waals surface area contributed by atoms with Crippen LogP contribution in [0, 0.1) is 12.8 Å². The summed E-state index contributed by atoms with van der Waals surface area (Å²) >= 11 is 0. The molecule has 1 heterocycles. The van der Waals surface area contributed by atoms with E-state index in [1.165, 1.54) is 27.8 Å². The fraction of sp³-hybridized carbons (Fsp3) is 0.647. The molecule has 1 aromatic carbocycles. The molecule has 252 valence electrons. The second-order valence-corrected chi connectivity index (χ2v) is 12.7. The summed E-state index contributed by atoms with van der Waals surface area (Å²) in [6, 6.07) is 5.47. The zero-order chi connectivity index (χ0) is 33.7. The number of rotatable bonds is 17. The van der Waals surface area contributed by atoms with E-state index in [4.69, 9.17) is 18.9 Å². The van der Waals surface area contributed by atoms with Crippen molar-refractivity contribution in [1.29, 1.82) is 0 Å². The van der Waals surface area contributed by atoms with Crippen LogP contribution in [0.3, 0.4) is 0 Å². The van der Waals surface area contributed by atoms with Gasteiger partial charge in [-0.25, -0.2) is 14.0 Å². The maximum atomic E-state index is 15.0. The van der Waals surface area contributed by atoms with Gasteiger partial charge in [-0.2, -0.15) is 0 Å². The van der Waals surface area contributed by atoms with Gasteiger partial charge in [0, 0.05) is 13.5 Å². The van der Waals surface area contributed by atoms with E-state index in [0.717, 1.165) is 21.6 Å². The maximum absolute atomic E-state index is 15.0. The van der Waals surface area contributed by atoms with Crippen LogP contribution in [-0.2, 0) is 44.7 Å². The maximum Gasteiger partial charge on any atom is 0.347 e. The van der Waals surface area contributed by atoms with Crippen LogP contribution in [0.4, 0.5) is 4.39 Å². The van der Waals surface area contributed by atoms with Gasteiger partial charge in [-0.15, -0.1) is 0 Å². The summed E-state index contributed by atoms with van der Waals surface area (Å²) in [4.78, 5) is 54.0. The van der Waals surface area contributed by atoms with Crippen LogP contribution in [0.1, 0.15) is 77.8 Å². The first kappa shape index (κ1) is 37.9. The third kappa shape index (κ3) is 13.3. The Balaban J connectivity index is 2.22. The number of ether oxygens (including phenoxy) is 4. The van der Waals surface area contributed by atoms with Crippen molar-refractivity contribution in [3.8, 4) is 0 Å². The predicted octanol–water partition coefficient (Wildman–Crippen LogP) is 4.61. The summed E-state index contributed by atoms with van der Waals surface area (Å²) in [5, 5.41) is 2.89. The van der Waals surface area contributed by atoms with Gasteiger partial charge in [0.25, 0.3) is 5.91 Å². The van der Waals surface area contributed by atoms with Crippen LogP contribution >= 0.6 is 0 Å². The second-order valence-electron chi connectivity index (χ2n) is 12.7. The Kier molecular flexibility index (Phi) is 15.1. The number of alkyl halides is 1. The van der Waals surface area contributed by atoms with Gasteiger partial charge in [0.2, 0.25) is 0 Å². The van der Waals surface area contributed by atoms with Crippen LogP contribution in [-0.4, -0.2) is 86.0 Å². The quantitative estimate of drug-likeness (QED) is 0.149. The zero-order valence-electron chi connectivity index (χ0n) is 28.0. The lowest BCUT2D eigenvalue weighted by molar-refractivity contribution is -0.175. The first-order chi connectivity index (χ1) is 21.1. The number of aryl methyl sites for hydroxylation is 1. The number of benzene rings is 1. The molecule has 45 heavy (non-hydrogen) atoms. The number of hydrogen-bond acceptors (Lipinski definition) is 9. The van der Waals surface area contributed by atoms with Crippen molar-refractivity contribution < 1.29 is 42.5 Å². The Morgan fingerprint density at radius 3 is 2.38 bits per heavy atom. The topological polar surface area (TPSA) is 120 Å². The Bertz CT molecular complexity index is 1180. The van der Waals surface area contributed by atoms with Gasteiger partial charge in [-0.1, -0.05) is 55.3 Å². The molecule has 0 spiro atoms. The van der Waals surface area contributed by atoms with Crippen molar-refractivity contribution in [2.45, 2.75) is 110 Å². The summed E-state index contributed by atoms with van der Waals surface area (Å²) in [6.07, 6.45) is 0.785. The van der Waals surface area contributed by atoms with Crippen molar-refractivity contribution in [2.24, 2.45) is 5.92 Å². The summed E-state index contributed by atoms with van der Waals surface area (Å²) in [5.41, 5.74) is 0.973. The van der Waals surface area contributed by atoms with E-state index in [0.29, 0.717) is 32.5 Å². The van der Waals surface area contributed by atoms with Gasteiger partial charge < -0.3 is 29.2 Å². The Hall–Kier alpha value is -3.31. The van der Waals surface area contributed by atoms with Crippen LogP contribution in [0.2, 0.25) is 0 Å². The van der Waals surface area contributed by atoms with Crippen molar-refractivity contribution in [1.82, 2.24) is 10.2 Å². The molecular formula is C34H51FN2O8. The molecule has 0 saturated heterocycles. The number of halogens is 1. The number of hydrogen-bond donors (Lipinski definition) is 1. The van der Waals surface area contributed by atoms with Gasteiger partial charge >= 0.3 is 17.9 Å². The molecule has 0 saturated carbocycles. The molecule has 0 bridgehead atoms. The highest BCUT2D eigenvalue weighted by atomic mass is 19.1. The molecule has 1 aliphatic heterocycles. The van der Waals surface area contributed by atoms with Crippen LogP contribution in [0.5, 0.6) is 0 Å². The third-order valence-electron chi connectivity index (χ3n) is 7.52. The summed E-state index contributed by atoms with van der Waals surface area (Å²) in [5.74, 6) is -2.81. The largest absolute Gasteiger partial charge is 0.458 e. The predicted molar refractivity (Wildman–Crippen MR) is 168 cm³/mol.